The summed E-state index contributed by atoms with van der Waals surface area (Å²) in [5.41, 5.74) is 1.56. The third kappa shape index (κ3) is 3.58. The summed E-state index contributed by atoms with van der Waals surface area (Å²) in [6.45, 7) is 2.03. The Morgan fingerprint density at radius 2 is 2.05 bits per heavy atom. The van der Waals surface area contributed by atoms with Gasteiger partial charge in [0.05, 0.1) is 11.6 Å². The molecular formula is C15H14BrClN2O. The third-order valence-corrected chi connectivity index (χ3v) is 3.87. The van der Waals surface area contributed by atoms with Crippen molar-refractivity contribution in [2.75, 3.05) is 0 Å². The monoisotopic (exact) mass is 352 g/mol. The number of pyridine rings is 1. The van der Waals surface area contributed by atoms with E-state index in [-0.39, 0.29) is 11.9 Å². The molecule has 1 atom stereocenters. The van der Waals surface area contributed by atoms with Crippen molar-refractivity contribution in [2.45, 2.75) is 19.4 Å². The highest BCUT2D eigenvalue weighted by Gasteiger charge is 2.16. The third-order valence-electron chi connectivity index (χ3n) is 2.99. The van der Waals surface area contributed by atoms with Crippen LogP contribution in [0.25, 0.3) is 0 Å². The van der Waals surface area contributed by atoms with Gasteiger partial charge in [-0.15, -0.1) is 0 Å². The highest BCUT2D eigenvalue weighted by atomic mass is 79.9. The van der Waals surface area contributed by atoms with E-state index in [1.54, 1.807) is 18.3 Å². The lowest BCUT2D eigenvalue weighted by Crippen LogP contribution is -2.28. The van der Waals surface area contributed by atoms with Gasteiger partial charge in [0.25, 0.3) is 5.91 Å². The average Bonchev–Trinajstić information content (AvgIpc) is 2.46. The minimum absolute atomic E-state index is 0.0492. The van der Waals surface area contributed by atoms with E-state index in [2.05, 4.69) is 26.2 Å². The lowest BCUT2D eigenvalue weighted by atomic mass is 10.0. The van der Waals surface area contributed by atoms with Gasteiger partial charge >= 0.3 is 0 Å². The first kappa shape index (κ1) is 15.0. The maximum atomic E-state index is 12.3. The van der Waals surface area contributed by atoms with Crippen LogP contribution in [0.3, 0.4) is 0 Å². The van der Waals surface area contributed by atoms with Gasteiger partial charge in [-0.25, -0.2) is 4.98 Å². The Bertz CT molecular complexity index is 601. The summed E-state index contributed by atoms with van der Waals surface area (Å²) >= 11 is 9.17. The molecule has 3 nitrogen and oxygen atoms in total. The zero-order valence-electron chi connectivity index (χ0n) is 10.9. The standard InChI is InChI=1S/C15H14BrClN2O/c1-2-13(10-5-7-11(17)8-6-10)19-15(20)12-4-3-9-18-14(12)16/h3-9,13H,2H2,1H3,(H,19,20). The van der Waals surface area contributed by atoms with Crippen LogP contribution in [0.4, 0.5) is 0 Å². The molecule has 1 aromatic heterocycles. The van der Waals surface area contributed by atoms with Gasteiger partial charge in [0, 0.05) is 11.2 Å². The molecule has 1 N–H and O–H groups in total. The molecular weight excluding hydrogens is 340 g/mol. The van der Waals surface area contributed by atoms with E-state index in [0.717, 1.165) is 12.0 Å². The molecule has 5 heteroatoms. The van der Waals surface area contributed by atoms with Crippen LogP contribution in [0.5, 0.6) is 0 Å². The lowest BCUT2D eigenvalue weighted by molar-refractivity contribution is 0.0934. The number of nitrogens with one attached hydrogen (secondary N) is 1. The van der Waals surface area contributed by atoms with Crippen molar-refractivity contribution in [3.63, 3.8) is 0 Å². The van der Waals surface area contributed by atoms with E-state index in [0.29, 0.717) is 15.2 Å². The molecule has 0 fully saturated rings. The molecule has 0 aliphatic heterocycles. The van der Waals surface area contributed by atoms with Crippen molar-refractivity contribution >= 4 is 33.4 Å². The van der Waals surface area contributed by atoms with Gasteiger partial charge in [0.1, 0.15) is 4.60 Å². The predicted molar refractivity (Wildman–Crippen MR) is 83.9 cm³/mol. The molecule has 0 bridgehead atoms. The van der Waals surface area contributed by atoms with Crippen LogP contribution in [0, 0.1) is 0 Å². The SMILES string of the molecule is CCC(NC(=O)c1cccnc1Br)c1ccc(Cl)cc1. The van der Waals surface area contributed by atoms with Gasteiger partial charge < -0.3 is 5.32 Å². The summed E-state index contributed by atoms with van der Waals surface area (Å²) in [7, 11) is 0. The van der Waals surface area contributed by atoms with Crippen LogP contribution in [-0.4, -0.2) is 10.9 Å². The van der Waals surface area contributed by atoms with Crippen LogP contribution in [0.2, 0.25) is 5.02 Å². The molecule has 2 aromatic rings. The molecule has 0 spiro atoms. The summed E-state index contributed by atoms with van der Waals surface area (Å²) in [6, 6.07) is 10.9. The number of carbonyl (C=O) groups is 1. The topological polar surface area (TPSA) is 42.0 Å². The van der Waals surface area contributed by atoms with Gasteiger partial charge in [-0.05, 0) is 52.2 Å². The average molecular weight is 354 g/mol. The normalized spacial score (nSPS) is 11.9. The molecule has 0 radical (unpaired) electrons. The summed E-state index contributed by atoms with van der Waals surface area (Å²) in [5, 5.41) is 3.69. The van der Waals surface area contributed by atoms with Crippen LogP contribution < -0.4 is 5.32 Å². The largest absolute Gasteiger partial charge is 0.345 e. The molecule has 1 heterocycles. The van der Waals surface area contributed by atoms with Gasteiger partial charge in [-0.1, -0.05) is 30.7 Å². The minimum atomic E-state index is -0.147. The lowest BCUT2D eigenvalue weighted by Gasteiger charge is -2.18. The number of hydrogen-bond acceptors (Lipinski definition) is 2. The zero-order chi connectivity index (χ0) is 14.5. The Kier molecular flexibility index (Phi) is 5.15. The maximum absolute atomic E-state index is 12.3. The summed E-state index contributed by atoms with van der Waals surface area (Å²) in [6.07, 6.45) is 2.43. The fourth-order valence-corrected chi connectivity index (χ4v) is 2.46. The fraction of sp³-hybridized carbons (Fsp3) is 0.200. The van der Waals surface area contributed by atoms with Gasteiger partial charge in [-0.2, -0.15) is 0 Å². The molecule has 1 unspecified atom stereocenters. The second kappa shape index (κ2) is 6.86. The maximum Gasteiger partial charge on any atom is 0.254 e. The van der Waals surface area contributed by atoms with Crippen molar-refractivity contribution in [1.29, 1.82) is 0 Å². The Balaban J connectivity index is 2.16. The fourth-order valence-electron chi connectivity index (χ4n) is 1.91. The quantitative estimate of drug-likeness (QED) is 0.829. The number of rotatable bonds is 4. The van der Waals surface area contributed by atoms with Crippen LogP contribution in [-0.2, 0) is 0 Å². The smallest absolute Gasteiger partial charge is 0.254 e. The van der Waals surface area contributed by atoms with Gasteiger partial charge in [0.15, 0.2) is 0 Å². The van der Waals surface area contributed by atoms with Crippen molar-refractivity contribution in [3.05, 3.63) is 63.3 Å². The second-order valence-electron chi connectivity index (χ2n) is 4.33. The molecule has 0 aliphatic carbocycles. The van der Waals surface area contributed by atoms with E-state index in [1.807, 2.05) is 31.2 Å². The Morgan fingerprint density at radius 3 is 2.65 bits per heavy atom. The molecule has 1 amide bonds. The summed E-state index contributed by atoms with van der Waals surface area (Å²) in [5.74, 6) is -0.147. The Labute approximate surface area is 131 Å². The Hall–Kier alpha value is -1.39. The number of amides is 1. The molecule has 2 rings (SSSR count). The van der Waals surface area contributed by atoms with Crippen LogP contribution in [0.15, 0.2) is 47.2 Å². The van der Waals surface area contributed by atoms with E-state index in [1.165, 1.54) is 0 Å². The second-order valence-corrected chi connectivity index (χ2v) is 5.52. The summed E-state index contributed by atoms with van der Waals surface area (Å²) < 4.78 is 0.545. The van der Waals surface area contributed by atoms with E-state index >= 15 is 0 Å². The minimum Gasteiger partial charge on any atom is -0.345 e. The first-order valence-electron chi connectivity index (χ1n) is 6.28. The number of carbonyl (C=O) groups excluding carboxylic acids is 1. The first-order chi connectivity index (χ1) is 9.61. The van der Waals surface area contributed by atoms with E-state index < -0.39 is 0 Å². The van der Waals surface area contributed by atoms with Crippen LogP contribution >= 0.6 is 27.5 Å². The molecule has 0 saturated carbocycles. The number of benzene rings is 1. The number of nitrogens with zero attached hydrogens (tertiary/aromatic N) is 1. The molecule has 20 heavy (non-hydrogen) atoms. The van der Waals surface area contributed by atoms with E-state index in [9.17, 15) is 4.79 Å². The molecule has 0 saturated heterocycles. The summed E-state index contributed by atoms with van der Waals surface area (Å²) in [4.78, 5) is 16.3. The number of aromatic nitrogens is 1. The zero-order valence-corrected chi connectivity index (χ0v) is 13.3. The van der Waals surface area contributed by atoms with Crippen molar-refractivity contribution in [3.8, 4) is 0 Å². The van der Waals surface area contributed by atoms with Gasteiger partial charge in [-0.3, -0.25) is 4.79 Å². The molecule has 104 valence electrons. The van der Waals surface area contributed by atoms with Gasteiger partial charge in [0.2, 0.25) is 0 Å². The Morgan fingerprint density at radius 1 is 1.35 bits per heavy atom. The first-order valence-corrected chi connectivity index (χ1v) is 7.45. The van der Waals surface area contributed by atoms with Crippen molar-refractivity contribution in [1.82, 2.24) is 10.3 Å². The number of halogens is 2. The number of hydrogen-bond donors (Lipinski definition) is 1. The van der Waals surface area contributed by atoms with E-state index in [4.69, 9.17) is 11.6 Å². The molecule has 0 aliphatic rings. The highest BCUT2D eigenvalue weighted by molar-refractivity contribution is 9.10. The van der Waals surface area contributed by atoms with Crippen LogP contribution in [0.1, 0.15) is 35.3 Å². The molecule has 1 aromatic carbocycles. The predicted octanol–water partition coefficient (Wildman–Crippen LogP) is 4.38. The van der Waals surface area contributed by atoms with Crippen molar-refractivity contribution in [2.24, 2.45) is 0 Å². The highest BCUT2D eigenvalue weighted by Crippen LogP contribution is 2.20. The van der Waals surface area contributed by atoms with Crippen molar-refractivity contribution < 1.29 is 4.79 Å².